The van der Waals surface area contributed by atoms with Gasteiger partial charge in [0.25, 0.3) is 16.8 Å². The van der Waals surface area contributed by atoms with E-state index in [1.54, 1.807) is 42.5 Å². The lowest BCUT2D eigenvalue weighted by molar-refractivity contribution is -0.384. The molecule has 140 valence electrons. The van der Waals surface area contributed by atoms with Crippen molar-refractivity contribution in [2.24, 2.45) is 0 Å². The molecule has 2 aromatic carbocycles. The Kier molecular flexibility index (Phi) is 5.77. The Hall–Kier alpha value is -3.57. The fraction of sp³-hybridized carbons (Fsp3) is 0.100. The summed E-state index contributed by atoms with van der Waals surface area (Å²) in [6.45, 7) is 0.127. The van der Waals surface area contributed by atoms with E-state index in [4.69, 9.17) is 11.2 Å². The molecule has 1 aliphatic rings. The fourth-order valence-electron chi connectivity index (χ4n) is 2.48. The lowest BCUT2D eigenvalue weighted by Gasteiger charge is -2.10. The van der Waals surface area contributed by atoms with Gasteiger partial charge in [0, 0.05) is 17.7 Å². The molecular formula is C20H14N2O5S. The van der Waals surface area contributed by atoms with Crippen LogP contribution in [0.5, 0.6) is 5.75 Å². The van der Waals surface area contributed by atoms with Gasteiger partial charge in [-0.2, -0.15) is 0 Å². The van der Waals surface area contributed by atoms with Gasteiger partial charge in [-0.3, -0.25) is 24.6 Å². The number of hydrogen-bond acceptors (Lipinski definition) is 6. The lowest BCUT2D eigenvalue weighted by Crippen LogP contribution is -2.28. The first kappa shape index (κ1) is 19.2. The summed E-state index contributed by atoms with van der Waals surface area (Å²) < 4.78 is 5.80. The highest BCUT2D eigenvalue weighted by Crippen LogP contribution is 2.33. The number of nitro groups is 1. The van der Waals surface area contributed by atoms with Crippen LogP contribution >= 0.6 is 11.8 Å². The van der Waals surface area contributed by atoms with E-state index >= 15 is 0 Å². The van der Waals surface area contributed by atoms with Gasteiger partial charge >= 0.3 is 0 Å². The Morgan fingerprint density at radius 2 is 1.89 bits per heavy atom. The average Bonchev–Trinajstić information content (AvgIpc) is 2.95. The number of carbonyl (C=O) groups is 2. The zero-order valence-electron chi connectivity index (χ0n) is 14.5. The molecule has 1 heterocycles. The molecule has 3 rings (SSSR count). The molecule has 1 aliphatic heterocycles. The zero-order valence-corrected chi connectivity index (χ0v) is 15.3. The van der Waals surface area contributed by atoms with E-state index in [0.717, 1.165) is 22.2 Å². The molecule has 0 aliphatic carbocycles. The number of terminal acetylenes is 1. The number of thioether (sulfide) groups is 1. The maximum Gasteiger partial charge on any atom is 0.294 e. The molecule has 0 unspecified atom stereocenters. The third kappa shape index (κ3) is 4.22. The van der Waals surface area contributed by atoms with Crippen molar-refractivity contribution >= 4 is 34.7 Å². The third-order valence-electron chi connectivity index (χ3n) is 3.87. The molecular weight excluding hydrogens is 380 g/mol. The van der Waals surface area contributed by atoms with Crippen molar-refractivity contribution in [3.05, 3.63) is 74.7 Å². The van der Waals surface area contributed by atoms with Crippen molar-refractivity contribution in [2.75, 3.05) is 6.54 Å². The summed E-state index contributed by atoms with van der Waals surface area (Å²) in [6, 6.07) is 13.1. The molecule has 8 heteroatoms. The molecule has 0 spiro atoms. The Morgan fingerprint density at radius 1 is 1.18 bits per heavy atom. The van der Waals surface area contributed by atoms with Crippen molar-refractivity contribution < 1.29 is 19.2 Å². The number of amides is 2. The van der Waals surface area contributed by atoms with Crippen LogP contribution in [0.4, 0.5) is 10.5 Å². The van der Waals surface area contributed by atoms with Gasteiger partial charge in [0.05, 0.1) is 16.4 Å². The molecule has 2 aromatic rings. The van der Waals surface area contributed by atoms with Crippen molar-refractivity contribution in [1.82, 2.24) is 4.90 Å². The highest BCUT2D eigenvalue weighted by atomic mass is 32.2. The highest BCUT2D eigenvalue weighted by Gasteiger charge is 2.34. The zero-order chi connectivity index (χ0) is 20.1. The number of benzene rings is 2. The highest BCUT2D eigenvalue weighted by molar-refractivity contribution is 8.18. The van der Waals surface area contributed by atoms with Gasteiger partial charge in [0.1, 0.15) is 12.4 Å². The molecule has 1 fully saturated rings. The fourth-order valence-corrected chi connectivity index (χ4v) is 3.30. The normalized spacial score (nSPS) is 15.0. The first-order valence-electron chi connectivity index (χ1n) is 8.13. The van der Waals surface area contributed by atoms with Gasteiger partial charge in [-0.15, -0.1) is 6.42 Å². The molecule has 0 N–H and O–H groups in total. The van der Waals surface area contributed by atoms with Gasteiger partial charge < -0.3 is 4.74 Å². The van der Waals surface area contributed by atoms with E-state index in [1.165, 1.54) is 12.1 Å². The predicted molar refractivity (Wildman–Crippen MR) is 105 cm³/mol. The Morgan fingerprint density at radius 3 is 2.57 bits per heavy atom. The number of para-hydroxylation sites is 1. The molecule has 0 aromatic heterocycles. The van der Waals surface area contributed by atoms with Gasteiger partial charge in [-0.05, 0) is 41.6 Å². The third-order valence-corrected chi connectivity index (χ3v) is 4.78. The largest absolute Gasteiger partial charge is 0.488 e. The molecule has 2 amide bonds. The number of imide groups is 1. The van der Waals surface area contributed by atoms with E-state index in [1.807, 2.05) is 0 Å². The van der Waals surface area contributed by atoms with Gasteiger partial charge in [-0.25, -0.2) is 0 Å². The SMILES string of the molecule is C#CCN1C(=O)SC(=Cc2ccccc2OCc2ccc([N+](=O)[O-])cc2)C1=O. The summed E-state index contributed by atoms with van der Waals surface area (Å²) in [5.74, 6) is 2.38. The minimum absolute atomic E-state index is 0.00634. The number of non-ortho nitro benzene ring substituents is 1. The maximum atomic E-state index is 12.3. The van der Waals surface area contributed by atoms with E-state index in [9.17, 15) is 19.7 Å². The van der Waals surface area contributed by atoms with Crippen molar-refractivity contribution in [3.8, 4) is 18.1 Å². The Bertz CT molecular complexity index is 1010. The van der Waals surface area contributed by atoms with Gasteiger partial charge in [0.2, 0.25) is 0 Å². The predicted octanol–water partition coefficient (Wildman–Crippen LogP) is 3.84. The molecule has 0 atom stereocenters. The standard InChI is InChI=1S/C20H14N2O5S/c1-2-11-21-19(23)18(28-20(21)24)12-15-5-3-4-6-17(15)27-13-14-7-9-16(10-8-14)22(25)26/h1,3-10,12H,11,13H2. The van der Waals surface area contributed by atoms with Crippen molar-refractivity contribution in [3.63, 3.8) is 0 Å². The van der Waals surface area contributed by atoms with Crippen LogP contribution in [0.2, 0.25) is 0 Å². The van der Waals surface area contributed by atoms with E-state index in [0.29, 0.717) is 11.3 Å². The first-order valence-corrected chi connectivity index (χ1v) is 8.95. The molecule has 1 saturated heterocycles. The van der Waals surface area contributed by atoms with Gasteiger partial charge in [-0.1, -0.05) is 24.1 Å². The van der Waals surface area contributed by atoms with Crippen LogP contribution < -0.4 is 4.74 Å². The van der Waals surface area contributed by atoms with Crippen LogP contribution in [0, 0.1) is 22.5 Å². The van der Waals surface area contributed by atoms with E-state index in [2.05, 4.69) is 5.92 Å². The van der Waals surface area contributed by atoms with Crippen LogP contribution in [0.3, 0.4) is 0 Å². The summed E-state index contributed by atoms with van der Waals surface area (Å²) in [5.41, 5.74) is 1.40. The minimum atomic E-state index is -0.465. The van der Waals surface area contributed by atoms with Crippen molar-refractivity contribution in [2.45, 2.75) is 6.61 Å². The van der Waals surface area contributed by atoms with Crippen LogP contribution in [0.15, 0.2) is 53.4 Å². The average molecular weight is 394 g/mol. The first-order chi connectivity index (χ1) is 13.5. The summed E-state index contributed by atoms with van der Waals surface area (Å²) in [5, 5.41) is 10.3. The second-order valence-corrected chi connectivity index (χ2v) is 6.72. The quantitative estimate of drug-likeness (QED) is 0.320. The van der Waals surface area contributed by atoms with Crippen LogP contribution in [0.25, 0.3) is 6.08 Å². The number of carbonyl (C=O) groups excluding carboxylic acids is 2. The Balaban J connectivity index is 1.77. The Labute approximate surface area is 165 Å². The smallest absolute Gasteiger partial charge is 0.294 e. The second-order valence-electron chi connectivity index (χ2n) is 5.72. The summed E-state index contributed by atoms with van der Waals surface area (Å²) >= 11 is 0.828. The second kappa shape index (κ2) is 8.41. The van der Waals surface area contributed by atoms with Crippen LogP contribution in [-0.4, -0.2) is 27.5 Å². The van der Waals surface area contributed by atoms with Crippen LogP contribution in [0.1, 0.15) is 11.1 Å². The van der Waals surface area contributed by atoms with Crippen LogP contribution in [-0.2, 0) is 11.4 Å². The molecule has 7 nitrogen and oxygen atoms in total. The van der Waals surface area contributed by atoms with E-state index < -0.39 is 16.1 Å². The van der Waals surface area contributed by atoms with E-state index in [-0.39, 0.29) is 23.7 Å². The molecule has 0 radical (unpaired) electrons. The number of hydrogen-bond donors (Lipinski definition) is 0. The molecule has 0 saturated carbocycles. The monoisotopic (exact) mass is 394 g/mol. The number of ether oxygens (including phenoxy) is 1. The topological polar surface area (TPSA) is 89.8 Å². The number of rotatable bonds is 6. The summed E-state index contributed by atoms with van der Waals surface area (Å²) in [7, 11) is 0. The number of nitrogens with zero attached hydrogens (tertiary/aromatic N) is 2. The van der Waals surface area contributed by atoms with Crippen molar-refractivity contribution in [1.29, 1.82) is 0 Å². The summed E-state index contributed by atoms with van der Waals surface area (Å²) in [6.07, 6.45) is 6.78. The lowest BCUT2D eigenvalue weighted by atomic mass is 10.1. The van der Waals surface area contributed by atoms with Gasteiger partial charge in [0.15, 0.2) is 0 Å². The number of nitro benzene ring substituents is 1. The minimum Gasteiger partial charge on any atom is -0.488 e. The maximum absolute atomic E-state index is 12.3. The summed E-state index contributed by atoms with van der Waals surface area (Å²) in [4.78, 5) is 35.7. The molecule has 28 heavy (non-hydrogen) atoms. The molecule has 0 bridgehead atoms.